The van der Waals surface area contributed by atoms with Gasteiger partial charge in [-0.2, -0.15) is 0 Å². The summed E-state index contributed by atoms with van der Waals surface area (Å²) in [5.74, 6) is 0. The lowest BCUT2D eigenvalue weighted by Gasteiger charge is -2.03. The van der Waals surface area contributed by atoms with Crippen molar-refractivity contribution in [2.24, 2.45) is 0 Å². The molecule has 3 nitrogen and oxygen atoms in total. The molecule has 0 amide bonds. The summed E-state index contributed by atoms with van der Waals surface area (Å²) >= 11 is 0. The number of hydrogen-bond acceptors (Lipinski definition) is 2. The van der Waals surface area contributed by atoms with E-state index in [2.05, 4.69) is 40.8 Å². The Morgan fingerprint density at radius 1 is 1.35 bits per heavy atom. The Morgan fingerprint density at radius 2 is 2.24 bits per heavy atom. The Kier molecular flexibility index (Phi) is 2.48. The van der Waals surface area contributed by atoms with Crippen LogP contribution in [0.4, 0.5) is 0 Å². The van der Waals surface area contributed by atoms with Crippen LogP contribution in [0, 0.1) is 13.8 Å². The summed E-state index contributed by atoms with van der Waals surface area (Å²) in [6.07, 6.45) is 7.51. The Labute approximate surface area is 101 Å². The zero-order valence-electron chi connectivity index (χ0n) is 10.2. The van der Waals surface area contributed by atoms with Crippen LogP contribution in [0.15, 0.2) is 24.0 Å². The predicted molar refractivity (Wildman–Crippen MR) is 68.1 cm³/mol. The summed E-state index contributed by atoms with van der Waals surface area (Å²) in [5, 5.41) is 0. The maximum absolute atomic E-state index is 5.37. The van der Waals surface area contributed by atoms with Gasteiger partial charge in [0.15, 0.2) is 0 Å². The first-order chi connectivity index (χ1) is 8.22. The lowest BCUT2D eigenvalue weighted by molar-refractivity contribution is 0.205. The van der Waals surface area contributed by atoms with Crippen LogP contribution in [0.3, 0.4) is 0 Å². The second-order valence-electron chi connectivity index (χ2n) is 4.66. The molecule has 1 aliphatic rings. The molecule has 0 unspecified atom stereocenters. The van der Waals surface area contributed by atoms with Crippen LogP contribution in [0.2, 0.25) is 0 Å². The smallest absolute Gasteiger partial charge is 0.137 e. The fourth-order valence-electron chi connectivity index (χ4n) is 2.24. The van der Waals surface area contributed by atoms with E-state index in [1.54, 1.807) is 0 Å². The van der Waals surface area contributed by atoms with Gasteiger partial charge in [0.25, 0.3) is 0 Å². The van der Waals surface area contributed by atoms with Crippen molar-refractivity contribution in [2.45, 2.75) is 20.3 Å². The zero-order chi connectivity index (χ0) is 11.8. The van der Waals surface area contributed by atoms with Crippen molar-refractivity contribution < 1.29 is 4.74 Å². The number of aryl methyl sites for hydroxylation is 2. The molecule has 0 atom stereocenters. The van der Waals surface area contributed by atoms with Gasteiger partial charge in [0.1, 0.15) is 5.65 Å². The largest absolute Gasteiger partial charge is 0.377 e. The third kappa shape index (κ3) is 1.98. The Morgan fingerprint density at radius 3 is 3.00 bits per heavy atom. The van der Waals surface area contributed by atoms with Gasteiger partial charge in [-0.15, -0.1) is 0 Å². The molecule has 3 heterocycles. The van der Waals surface area contributed by atoms with Gasteiger partial charge >= 0.3 is 0 Å². The molecule has 0 aromatic carbocycles. The first kappa shape index (κ1) is 10.5. The molecule has 1 fully saturated rings. The molecule has 88 valence electrons. The van der Waals surface area contributed by atoms with Crippen molar-refractivity contribution in [1.29, 1.82) is 0 Å². The summed E-state index contributed by atoms with van der Waals surface area (Å²) in [4.78, 5) is 4.46. The highest BCUT2D eigenvalue weighted by atomic mass is 16.5. The third-order valence-corrected chi connectivity index (χ3v) is 3.18. The number of rotatable bonds is 1. The molecule has 3 heteroatoms. The first-order valence-electron chi connectivity index (χ1n) is 5.95. The molecular formula is C14H16N2O. The van der Waals surface area contributed by atoms with Crippen LogP contribution >= 0.6 is 0 Å². The maximum atomic E-state index is 5.37. The normalized spacial score (nSPS) is 18.4. The van der Waals surface area contributed by atoms with Crippen molar-refractivity contribution in [3.63, 3.8) is 0 Å². The molecule has 1 aliphatic heterocycles. The van der Waals surface area contributed by atoms with Crippen molar-refractivity contribution in [2.75, 3.05) is 13.2 Å². The van der Waals surface area contributed by atoms with E-state index in [-0.39, 0.29) is 0 Å². The van der Waals surface area contributed by atoms with E-state index < -0.39 is 0 Å². The topological polar surface area (TPSA) is 26.5 Å². The van der Waals surface area contributed by atoms with Gasteiger partial charge in [-0.25, -0.2) is 4.98 Å². The fraction of sp³-hybridized carbons (Fsp3) is 0.357. The molecule has 0 spiro atoms. The third-order valence-electron chi connectivity index (χ3n) is 3.18. The van der Waals surface area contributed by atoms with E-state index in [0.717, 1.165) is 31.0 Å². The minimum Gasteiger partial charge on any atom is -0.377 e. The zero-order valence-corrected chi connectivity index (χ0v) is 10.2. The van der Waals surface area contributed by atoms with Gasteiger partial charge in [-0.05, 0) is 43.0 Å². The van der Waals surface area contributed by atoms with Gasteiger partial charge in [0.05, 0.1) is 18.9 Å². The van der Waals surface area contributed by atoms with E-state index in [9.17, 15) is 0 Å². The summed E-state index contributed by atoms with van der Waals surface area (Å²) in [5.41, 5.74) is 5.98. The fourth-order valence-corrected chi connectivity index (χ4v) is 2.24. The SMILES string of the molecule is Cc1cn2cc(/C=C3/CCOC3)c(C)cc2n1. The minimum absolute atomic E-state index is 0.778. The quantitative estimate of drug-likeness (QED) is 0.750. The van der Waals surface area contributed by atoms with Crippen LogP contribution in [-0.4, -0.2) is 22.6 Å². The summed E-state index contributed by atoms with van der Waals surface area (Å²) in [7, 11) is 0. The van der Waals surface area contributed by atoms with Crippen LogP contribution in [0.1, 0.15) is 23.2 Å². The second-order valence-corrected chi connectivity index (χ2v) is 4.66. The van der Waals surface area contributed by atoms with Crippen LogP contribution in [-0.2, 0) is 4.74 Å². The van der Waals surface area contributed by atoms with Gasteiger partial charge in [-0.3, -0.25) is 0 Å². The maximum Gasteiger partial charge on any atom is 0.137 e. The van der Waals surface area contributed by atoms with E-state index in [4.69, 9.17) is 4.74 Å². The lowest BCUT2D eigenvalue weighted by atomic mass is 10.1. The first-order valence-corrected chi connectivity index (χ1v) is 5.95. The Hall–Kier alpha value is -1.61. The molecule has 1 saturated heterocycles. The lowest BCUT2D eigenvalue weighted by Crippen LogP contribution is -1.90. The van der Waals surface area contributed by atoms with Crippen molar-refractivity contribution in [1.82, 2.24) is 9.38 Å². The number of aromatic nitrogens is 2. The molecule has 0 radical (unpaired) electrons. The molecule has 0 saturated carbocycles. The average Bonchev–Trinajstić information content (AvgIpc) is 2.87. The van der Waals surface area contributed by atoms with E-state index in [1.807, 2.05) is 6.92 Å². The second kappa shape index (κ2) is 4.00. The standard InChI is InChI=1S/C14H16N2O/c1-10-5-14-15-11(2)7-16(14)8-13(10)6-12-3-4-17-9-12/h5-8H,3-4,9H2,1-2H3/b12-6-. The summed E-state index contributed by atoms with van der Waals surface area (Å²) in [6.45, 7) is 5.79. The molecule has 3 rings (SSSR count). The molecule has 17 heavy (non-hydrogen) atoms. The van der Waals surface area contributed by atoms with Crippen LogP contribution in [0.25, 0.3) is 11.7 Å². The Bertz CT molecular complexity index is 588. The highest BCUT2D eigenvalue weighted by Crippen LogP contribution is 2.19. The molecule has 0 aliphatic carbocycles. The highest BCUT2D eigenvalue weighted by Gasteiger charge is 2.08. The van der Waals surface area contributed by atoms with E-state index >= 15 is 0 Å². The minimum atomic E-state index is 0.778. The monoisotopic (exact) mass is 228 g/mol. The molecule has 2 aromatic rings. The van der Waals surface area contributed by atoms with Crippen molar-refractivity contribution in [3.05, 3.63) is 40.9 Å². The van der Waals surface area contributed by atoms with Gasteiger partial charge in [-0.1, -0.05) is 6.08 Å². The van der Waals surface area contributed by atoms with Gasteiger partial charge in [0, 0.05) is 12.4 Å². The van der Waals surface area contributed by atoms with Crippen molar-refractivity contribution in [3.8, 4) is 0 Å². The number of imidazole rings is 1. The summed E-state index contributed by atoms with van der Waals surface area (Å²) < 4.78 is 7.46. The predicted octanol–water partition coefficient (Wildman–Crippen LogP) is 2.75. The molecular weight excluding hydrogens is 212 g/mol. The number of ether oxygens (including phenoxy) is 1. The van der Waals surface area contributed by atoms with E-state index in [1.165, 1.54) is 16.7 Å². The van der Waals surface area contributed by atoms with E-state index in [0.29, 0.717) is 0 Å². The van der Waals surface area contributed by atoms with Crippen LogP contribution in [0.5, 0.6) is 0 Å². The summed E-state index contributed by atoms with van der Waals surface area (Å²) in [6, 6.07) is 2.13. The number of hydrogen-bond donors (Lipinski definition) is 0. The van der Waals surface area contributed by atoms with Crippen LogP contribution < -0.4 is 0 Å². The van der Waals surface area contributed by atoms with Gasteiger partial charge in [0.2, 0.25) is 0 Å². The van der Waals surface area contributed by atoms with Crippen molar-refractivity contribution >= 4 is 11.7 Å². The molecule has 2 aromatic heterocycles. The van der Waals surface area contributed by atoms with Gasteiger partial charge < -0.3 is 9.14 Å². The number of pyridine rings is 1. The molecule has 0 N–H and O–H groups in total. The highest BCUT2D eigenvalue weighted by molar-refractivity contribution is 5.60. The Balaban J connectivity index is 2.09. The average molecular weight is 228 g/mol. The number of fused-ring (bicyclic) bond motifs is 1. The number of nitrogens with zero attached hydrogens (tertiary/aromatic N) is 2. The molecule has 0 bridgehead atoms.